The van der Waals surface area contributed by atoms with E-state index in [4.69, 9.17) is 22.7 Å². The van der Waals surface area contributed by atoms with Crippen molar-refractivity contribution in [1.29, 1.82) is 5.41 Å². The van der Waals surface area contributed by atoms with E-state index in [1.54, 1.807) is 18.2 Å². The lowest BCUT2D eigenvalue weighted by atomic mass is 10.1. The van der Waals surface area contributed by atoms with Crippen molar-refractivity contribution in [3.8, 4) is 0 Å². The number of hydrogen-bond donors (Lipinski definition) is 2. The van der Waals surface area contributed by atoms with Crippen molar-refractivity contribution >= 4 is 33.0 Å². The van der Waals surface area contributed by atoms with E-state index in [-0.39, 0.29) is 17.3 Å². The van der Waals surface area contributed by atoms with E-state index in [0.29, 0.717) is 23.7 Å². The minimum atomic E-state index is -2.88. The van der Waals surface area contributed by atoms with Gasteiger partial charge in [0.1, 0.15) is 5.84 Å². The molecular formula is C11H14ClN3O2S. The highest BCUT2D eigenvalue weighted by atomic mass is 35.5. The molecule has 1 aromatic carbocycles. The van der Waals surface area contributed by atoms with Gasteiger partial charge in [-0.05, 0) is 18.2 Å². The van der Waals surface area contributed by atoms with Crippen LogP contribution in [-0.2, 0) is 9.84 Å². The summed E-state index contributed by atoms with van der Waals surface area (Å²) in [6.45, 7) is 0.941. The van der Waals surface area contributed by atoms with Crippen LogP contribution in [0.15, 0.2) is 18.2 Å². The van der Waals surface area contributed by atoms with Gasteiger partial charge in [0.2, 0.25) is 0 Å². The van der Waals surface area contributed by atoms with Gasteiger partial charge in [0.05, 0.1) is 16.5 Å². The van der Waals surface area contributed by atoms with Crippen molar-refractivity contribution in [2.75, 3.05) is 29.5 Å². The second-order valence-corrected chi connectivity index (χ2v) is 6.93. The molecule has 1 aliphatic heterocycles. The fourth-order valence-electron chi connectivity index (χ4n) is 1.89. The third-order valence-corrected chi connectivity index (χ3v) is 4.87. The van der Waals surface area contributed by atoms with Crippen LogP contribution in [0, 0.1) is 5.41 Å². The average molecular weight is 288 g/mol. The molecule has 0 spiro atoms. The van der Waals surface area contributed by atoms with Crippen LogP contribution in [0.3, 0.4) is 0 Å². The van der Waals surface area contributed by atoms with E-state index >= 15 is 0 Å². The number of sulfone groups is 1. The van der Waals surface area contributed by atoms with E-state index in [0.717, 1.165) is 5.69 Å². The highest BCUT2D eigenvalue weighted by Crippen LogP contribution is 2.24. The van der Waals surface area contributed by atoms with Crippen molar-refractivity contribution in [1.82, 2.24) is 0 Å². The Labute approximate surface area is 111 Å². The van der Waals surface area contributed by atoms with Gasteiger partial charge in [-0.2, -0.15) is 0 Å². The molecule has 1 aromatic rings. The number of anilines is 1. The van der Waals surface area contributed by atoms with E-state index < -0.39 is 9.84 Å². The van der Waals surface area contributed by atoms with Crippen LogP contribution < -0.4 is 10.6 Å². The Bertz CT molecular complexity index is 572. The quantitative estimate of drug-likeness (QED) is 0.624. The third kappa shape index (κ3) is 2.76. The van der Waals surface area contributed by atoms with E-state index in [1.165, 1.54) is 0 Å². The number of hydrogen-bond acceptors (Lipinski definition) is 4. The Hall–Kier alpha value is -1.27. The molecule has 0 amide bonds. The lowest BCUT2D eigenvalue weighted by Gasteiger charge is -2.29. The van der Waals surface area contributed by atoms with Gasteiger partial charge < -0.3 is 10.6 Å². The van der Waals surface area contributed by atoms with E-state index in [2.05, 4.69) is 0 Å². The first-order chi connectivity index (χ1) is 8.39. The van der Waals surface area contributed by atoms with Gasteiger partial charge in [0.15, 0.2) is 9.84 Å². The molecule has 0 aromatic heterocycles. The Balaban J connectivity index is 2.21. The first-order valence-corrected chi connectivity index (χ1v) is 7.68. The normalized spacial score (nSPS) is 18.6. The predicted molar refractivity (Wildman–Crippen MR) is 73.3 cm³/mol. The van der Waals surface area contributed by atoms with Gasteiger partial charge in [0.25, 0.3) is 0 Å². The van der Waals surface area contributed by atoms with Crippen LogP contribution in [0.2, 0.25) is 5.02 Å². The molecule has 0 unspecified atom stereocenters. The molecule has 0 radical (unpaired) electrons. The molecule has 0 bridgehead atoms. The smallest absolute Gasteiger partial charge is 0.153 e. The standard InChI is InChI=1S/C11H14ClN3O2S/c12-10-7-8(1-2-9(10)11(13)14)15-3-5-18(16,17)6-4-15/h1-2,7H,3-6H2,(H3,13,14). The lowest BCUT2D eigenvalue weighted by Crippen LogP contribution is -2.40. The number of amidine groups is 1. The number of nitrogen functional groups attached to an aromatic ring is 1. The van der Waals surface area contributed by atoms with Gasteiger partial charge in [-0.25, -0.2) is 8.42 Å². The number of halogens is 1. The summed E-state index contributed by atoms with van der Waals surface area (Å²) >= 11 is 6.03. The fraction of sp³-hybridized carbons (Fsp3) is 0.364. The maximum atomic E-state index is 11.3. The van der Waals surface area contributed by atoms with Crippen molar-refractivity contribution in [2.24, 2.45) is 5.73 Å². The lowest BCUT2D eigenvalue weighted by molar-refractivity contribution is 0.587. The van der Waals surface area contributed by atoms with Gasteiger partial charge in [-0.1, -0.05) is 11.6 Å². The Kier molecular flexibility index (Phi) is 3.49. The molecule has 3 N–H and O–H groups in total. The zero-order chi connectivity index (χ0) is 13.3. The van der Waals surface area contributed by atoms with Gasteiger partial charge in [0, 0.05) is 24.3 Å². The van der Waals surface area contributed by atoms with Gasteiger partial charge >= 0.3 is 0 Å². The summed E-state index contributed by atoms with van der Waals surface area (Å²) in [5.41, 5.74) is 6.74. The number of nitrogens with zero attached hydrogens (tertiary/aromatic N) is 1. The van der Waals surface area contributed by atoms with Crippen LogP contribution in [0.5, 0.6) is 0 Å². The minimum absolute atomic E-state index is 0.0761. The summed E-state index contributed by atoms with van der Waals surface area (Å²) in [6.07, 6.45) is 0. The fourth-order valence-corrected chi connectivity index (χ4v) is 3.37. The van der Waals surface area contributed by atoms with Crippen LogP contribution in [0.1, 0.15) is 5.56 Å². The minimum Gasteiger partial charge on any atom is -0.384 e. The number of rotatable bonds is 2. The molecule has 5 nitrogen and oxygen atoms in total. The maximum Gasteiger partial charge on any atom is 0.153 e. The van der Waals surface area contributed by atoms with E-state index in [1.807, 2.05) is 4.90 Å². The molecule has 0 atom stereocenters. The SMILES string of the molecule is N=C(N)c1ccc(N2CCS(=O)(=O)CC2)cc1Cl. The second kappa shape index (κ2) is 4.78. The molecule has 18 heavy (non-hydrogen) atoms. The summed E-state index contributed by atoms with van der Waals surface area (Å²) in [5.74, 6) is 0.255. The molecule has 98 valence electrons. The average Bonchev–Trinajstić information content (AvgIpc) is 2.28. The molecule has 1 aliphatic rings. The molecule has 0 saturated carbocycles. The Morgan fingerprint density at radius 2 is 1.94 bits per heavy atom. The molecule has 1 saturated heterocycles. The van der Waals surface area contributed by atoms with Crippen molar-refractivity contribution < 1.29 is 8.42 Å². The number of benzene rings is 1. The highest BCUT2D eigenvalue weighted by Gasteiger charge is 2.22. The monoisotopic (exact) mass is 287 g/mol. The summed E-state index contributed by atoms with van der Waals surface area (Å²) in [4.78, 5) is 1.97. The number of nitrogens with two attached hydrogens (primary N) is 1. The topological polar surface area (TPSA) is 87.2 Å². The van der Waals surface area contributed by atoms with E-state index in [9.17, 15) is 8.42 Å². The molecule has 7 heteroatoms. The zero-order valence-electron chi connectivity index (χ0n) is 9.69. The predicted octanol–water partition coefficient (Wildman–Crippen LogP) is 0.859. The van der Waals surface area contributed by atoms with Crippen LogP contribution >= 0.6 is 11.6 Å². The molecule has 1 heterocycles. The van der Waals surface area contributed by atoms with Crippen LogP contribution in [0.25, 0.3) is 0 Å². The summed E-state index contributed by atoms with van der Waals surface area (Å²) in [7, 11) is -2.88. The molecular weight excluding hydrogens is 274 g/mol. The summed E-state index contributed by atoms with van der Waals surface area (Å²) in [6, 6.07) is 5.21. The first-order valence-electron chi connectivity index (χ1n) is 5.48. The zero-order valence-corrected chi connectivity index (χ0v) is 11.3. The second-order valence-electron chi connectivity index (χ2n) is 4.22. The number of nitrogens with one attached hydrogen (secondary N) is 1. The summed E-state index contributed by atoms with van der Waals surface area (Å²) in [5, 5.41) is 7.75. The maximum absolute atomic E-state index is 11.3. The Morgan fingerprint density at radius 3 is 2.44 bits per heavy atom. The first kappa shape index (κ1) is 13.2. The molecule has 0 aliphatic carbocycles. The van der Waals surface area contributed by atoms with Crippen molar-refractivity contribution in [3.05, 3.63) is 28.8 Å². The molecule has 1 fully saturated rings. The van der Waals surface area contributed by atoms with Gasteiger partial charge in [-0.15, -0.1) is 0 Å². The third-order valence-electron chi connectivity index (χ3n) is 2.95. The molecule has 2 rings (SSSR count). The highest BCUT2D eigenvalue weighted by molar-refractivity contribution is 7.91. The van der Waals surface area contributed by atoms with Crippen LogP contribution in [0.4, 0.5) is 5.69 Å². The largest absolute Gasteiger partial charge is 0.384 e. The van der Waals surface area contributed by atoms with Crippen molar-refractivity contribution in [3.63, 3.8) is 0 Å². The Morgan fingerprint density at radius 1 is 1.33 bits per heavy atom. The van der Waals surface area contributed by atoms with Crippen molar-refractivity contribution in [2.45, 2.75) is 0 Å². The summed E-state index contributed by atoms with van der Waals surface area (Å²) < 4.78 is 22.7. The van der Waals surface area contributed by atoms with Gasteiger partial charge in [-0.3, -0.25) is 5.41 Å². The van der Waals surface area contributed by atoms with Crippen LogP contribution in [-0.4, -0.2) is 38.8 Å².